The first-order valence-electron chi connectivity index (χ1n) is 10.1. The molecule has 0 radical (unpaired) electrons. The Hall–Kier alpha value is -2.12. The van der Waals surface area contributed by atoms with Gasteiger partial charge in [-0.05, 0) is 56.7 Å². The quantitative estimate of drug-likeness (QED) is 0.442. The molecule has 0 fully saturated rings. The van der Waals surface area contributed by atoms with E-state index >= 15 is 0 Å². The number of carbonyl (C=O) groups excluding carboxylic acids is 1. The van der Waals surface area contributed by atoms with Gasteiger partial charge in [0.1, 0.15) is 4.83 Å². The van der Waals surface area contributed by atoms with Gasteiger partial charge in [-0.25, -0.2) is 4.98 Å². The molecule has 0 saturated carbocycles. The van der Waals surface area contributed by atoms with E-state index in [1.54, 1.807) is 15.9 Å². The molecule has 1 aromatic carbocycles. The Kier molecular flexibility index (Phi) is 6.06. The minimum atomic E-state index is -0.100. The highest BCUT2D eigenvalue weighted by molar-refractivity contribution is 7.99. The van der Waals surface area contributed by atoms with E-state index in [0.29, 0.717) is 5.16 Å². The topological polar surface area (TPSA) is 64.0 Å². The summed E-state index contributed by atoms with van der Waals surface area (Å²) >= 11 is 2.99. The number of aryl methyl sites for hydroxylation is 2. The van der Waals surface area contributed by atoms with E-state index in [2.05, 4.69) is 12.2 Å². The van der Waals surface area contributed by atoms with Gasteiger partial charge in [-0.2, -0.15) is 0 Å². The Labute approximate surface area is 178 Å². The maximum Gasteiger partial charge on any atom is 0.263 e. The van der Waals surface area contributed by atoms with E-state index in [-0.39, 0.29) is 23.3 Å². The average Bonchev–Trinajstić information content (AvgIpc) is 3.11. The first kappa shape index (κ1) is 20.2. The number of anilines is 1. The van der Waals surface area contributed by atoms with Crippen LogP contribution in [0.2, 0.25) is 0 Å². The predicted molar refractivity (Wildman–Crippen MR) is 121 cm³/mol. The van der Waals surface area contributed by atoms with Crippen molar-refractivity contribution in [2.45, 2.75) is 57.1 Å². The summed E-state index contributed by atoms with van der Waals surface area (Å²) in [6, 6.07) is 9.44. The molecule has 2 heterocycles. The van der Waals surface area contributed by atoms with Gasteiger partial charge >= 0.3 is 0 Å². The van der Waals surface area contributed by atoms with Gasteiger partial charge < -0.3 is 5.32 Å². The van der Waals surface area contributed by atoms with Gasteiger partial charge in [0.05, 0.1) is 11.1 Å². The van der Waals surface area contributed by atoms with Crippen LogP contribution in [0.15, 0.2) is 40.3 Å². The molecule has 3 aromatic rings. The van der Waals surface area contributed by atoms with Gasteiger partial charge in [0.15, 0.2) is 5.16 Å². The number of thioether (sulfide) groups is 1. The summed E-state index contributed by atoms with van der Waals surface area (Å²) in [7, 11) is 0. The molecule has 2 aromatic heterocycles. The third kappa shape index (κ3) is 4.12. The van der Waals surface area contributed by atoms with Crippen LogP contribution in [-0.2, 0) is 17.6 Å². The zero-order valence-corrected chi connectivity index (χ0v) is 18.4. The Bertz CT molecular complexity index is 1090. The van der Waals surface area contributed by atoms with E-state index in [9.17, 15) is 9.59 Å². The van der Waals surface area contributed by atoms with Gasteiger partial charge in [0.25, 0.3) is 5.56 Å². The number of hydrogen-bond acceptors (Lipinski definition) is 5. The van der Waals surface area contributed by atoms with Gasteiger partial charge in [-0.3, -0.25) is 14.2 Å². The Morgan fingerprint density at radius 2 is 2.03 bits per heavy atom. The number of amides is 1. The van der Waals surface area contributed by atoms with E-state index in [4.69, 9.17) is 4.98 Å². The third-order valence-corrected chi connectivity index (χ3v) is 7.55. The number of hydrogen-bond donors (Lipinski definition) is 1. The molecule has 1 amide bonds. The number of nitrogens with one attached hydrogen (secondary N) is 1. The van der Waals surface area contributed by atoms with Crippen LogP contribution >= 0.6 is 23.1 Å². The number of nitrogens with zero attached hydrogens (tertiary/aromatic N) is 2. The van der Waals surface area contributed by atoms with E-state index in [1.807, 2.05) is 37.3 Å². The van der Waals surface area contributed by atoms with Gasteiger partial charge in [0, 0.05) is 16.6 Å². The first-order valence-corrected chi connectivity index (χ1v) is 11.9. The van der Waals surface area contributed by atoms with Crippen LogP contribution in [0.3, 0.4) is 0 Å². The number of carbonyl (C=O) groups is 1. The molecule has 7 heteroatoms. The van der Waals surface area contributed by atoms with Crippen molar-refractivity contribution < 1.29 is 4.79 Å². The van der Waals surface area contributed by atoms with Crippen LogP contribution < -0.4 is 10.9 Å². The lowest BCUT2D eigenvalue weighted by atomic mass is 9.97. The van der Waals surface area contributed by atoms with Crippen molar-refractivity contribution in [2.24, 2.45) is 0 Å². The smallest absolute Gasteiger partial charge is 0.263 e. The molecular weight excluding hydrogens is 402 g/mol. The highest BCUT2D eigenvalue weighted by Gasteiger charge is 2.24. The summed E-state index contributed by atoms with van der Waals surface area (Å²) in [6.45, 7) is 4.11. The zero-order valence-electron chi connectivity index (χ0n) is 16.7. The lowest BCUT2D eigenvalue weighted by molar-refractivity contribution is -0.113. The van der Waals surface area contributed by atoms with Crippen molar-refractivity contribution in [3.63, 3.8) is 0 Å². The fourth-order valence-electron chi connectivity index (χ4n) is 3.72. The fraction of sp³-hybridized carbons (Fsp3) is 0.409. The molecule has 0 unspecified atom stereocenters. The minimum absolute atomic E-state index is 0.0400. The van der Waals surface area contributed by atoms with Crippen LogP contribution in [-0.4, -0.2) is 21.2 Å². The number of benzene rings is 1. The summed E-state index contributed by atoms with van der Waals surface area (Å²) in [5.41, 5.74) is 2.03. The second-order valence-corrected chi connectivity index (χ2v) is 9.45. The largest absolute Gasteiger partial charge is 0.325 e. The fourth-order valence-corrected chi connectivity index (χ4v) is 5.92. The molecule has 1 N–H and O–H groups in total. The van der Waals surface area contributed by atoms with Crippen molar-refractivity contribution in [3.05, 3.63) is 51.1 Å². The zero-order chi connectivity index (χ0) is 20.4. The van der Waals surface area contributed by atoms with Crippen molar-refractivity contribution >= 4 is 44.9 Å². The molecule has 152 valence electrons. The van der Waals surface area contributed by atoms with Crippen LogP contribution in [0.25, 0.3) is 10.2 Å². The lowest BCUT2D eigenvalue weighted by Crippen LogP contribution is -2.27. The standard InChI is InChI=1S/C22H25N3O2S2/c1-3-14(2)25-21(27)19-16-11-7-8-12-17(16)29-20(19)24-22(25)28-13-18(26)23-15-9-5-4-6-10-15/h4-6,9-10,14H,3,7-8,11-13H2,1-2H3,(H,23,26)/t14-/m0/s1. The van der Waals surface area contributed by atoms with Crippen LogP contribution in [0.5, 0.6) is 0 Å². The van der Waals surface area contributed by atoms with Crippen molar-refractivity contribution in [1.29, 1.82) is 0 Å². The SMILES string of the molecule is CC[C@H](C)n1c(SCC(=O)Nc2ccccc2)nc2sc3c(c2c1=O)CCCC3. The van der Waals surface area contributed by atoms with Crippen molar-refractivity contribution in [1.82, 2.24) is 9.55 Å². The summed E-state index contributed by atoms with van der Waals surface area (Å²) in [5, 5.41) is 4.34. The van der Waals surface area contributed by atoms with Gasteiger partial charge in [-0.15, -0.1) is 11.3 Å². The Morgan fingerprint density at radius 3 is 2.79 bits per heavy atom. The number of para-hydroxylation sites is 1. The van der Waals surface area contributed by atoms with E-state index < -0.39 is 0 Å². The number of fused-ring (bicyclic) bond motifs is 3. The molecule has 0 aliphatic heterocycles. The summed E-state index contributed by atoms with van der Waals surface area (Å²) < 4.78 is 1.80. The van der Waals surface area contributed by atoms with Crippen LogP contribution in [0, 0.1) is 0 Å². The maximum atomic E-state index is 13.4. The second kappa shape index (κ2) is 8.71. The molecule has 1 aliphatic rings. The number of aromatic nitrogens is 2. The number of thiophene rings is 1. The van der Waals surface area contributed by atoms with E-state index in [0.717, 1.165) is 41.6 Å². The highest BCUT2D eigenvalue weighted by Crippen LogP contribution is 2.35. The lowest BCUT2D eigenvalue weighted by Gasteiger charge is -2.18. The van der Waals surface area contributed by atoms with Crippen LogP contribution in [0.1, 0.15) is 49.6 Å². The molecule has 29 heavy (non-hydrogen) atoms. The Morgan fingerprint density at radius 1 is 1.28 bits per heavy atom. The van der Waals surface area contributed by atoms with Crippen molar-refractivity contribution in [3.8, 4) is 0 Å². The molecule has 0 spiro atoms. The van der Waals surface area contributed by atoms with Gasteiger partial charge in [0.2, 0.25) is 5.91 Å². The molecule has 0 bridgehead atoms. The van der Waals surface area contributed by atoms with E-state index in [1.165, 1.54) is 28.6 Å². The van der Waals surface area contributed by atoms with Gasteiger partial charge in [-0.1, -0.05) is 36.9 Å². The van der Waals surface area contributed by atoms with Crippen LogP contribution in [0.4, 0.5) is 5.69 Å². The molecule has 4 rings (SSSR count). The number of rotatable bonds is 6. The molecule has 5 nitrogen and oxygen atoms in total. The third-order valence-electron chi connectivity index (χ3n) is 5.41. The summed E-state index contributed by atoms with van der Waals surface area (Å²) in [4.78, 5) is 32.8. The average molecular weight is 428 g/mol. The monoisotopic (exact) mass is 427 g/mol. The Balaban J connectivity index is 1.65. The second-order valence-electron chi connectivity index (χ2n) is 7.42. The first-order chi connectivity index (χ1) is 14.1. The maximum absolute atomic E-state index is 13.4. The summed E-state index contributed by atoms with van der Waals surface area (Å²) in [5.74, 6) is 0.116. The molecular formula is C22H25N3O2S2. The molecule has 1 aliphatic carbocycles. The predicted octanol–water partition coefficient (Wildman–Crippen LogP) is 5.04. The minimum Gasteiger partial charge on any atom is -0.325 e. The normalized spacial score (nSPS) is 14.6. The molecule has 1 atom stereocenters. The highest BCUT2D eigenvalue weighted by atomic mass is 32.2. The summed E-state index contributed by atoms with van der Waals surface area (Å²) in [6.07, 6.45) is 5.17. The molecule has 0 saturated heterocycles. The van der Waals surface area contributed by atoms with Crippen molar-refractivity contribution in [2.75, 3.05) is 11.1 Å².